The van der Waals surface area contributed by atoms with E-state index in [0.717, 1.165) is 0 Å². The summed E-state index contributed by atoms with van der Waals surface area (Å²) in [6.45, 7) is 12.4. The number of sulfone groups is 1. The van der Waals surface area contributed by atoms with Gasteiger partial charge >= 0.3 is 0 Å². The molecule has 1 amide bonds. The van der Waals surface area contributed by atoms with Gasteiger partial charge in [-0.2, -0.15) is 0 Å². The summed E-state index contributed by atoms with van der Waals surface area (Å²) in [5.41, 5.74) is 6.44. The fourth-order valence-electron chi connectivity index (χ4n) is 2.50. The Balaban J connectivity index is 3.44. The molecule has 0 spiro atoms. The van der Waals surface area contributed by atoms with Crippen LogP contribution in [0.4, 0.5) is 5.69 Å². The summed E-state index contributed by atoms with van der Waals surface area (Å²) < 4.78 is 24.7. The molecule has 0 saturated carbocycles. The van der Waals surface area contributed by atoms with Crippen LogP contribution in [0, 0.1) is 6.92 Å². The Morgan fingerprint density at radius 3 is 2.00 bits per heavy atom. The Kier molecular flexibility index (Phi) is 5.79. The normalized spacial score (nSPS) is 12.3. The Bertz CT molecular complexity index is 687. The van der Waals surface area contributed by atoms with Crippen molar-refractivity contribution in [3.05, 3.63) is 17.5 Å². The topological polar surface area (TPSA) is 93.4 Å². The molecule has 0 aromatic carbocycles. The standard InChI is InChI=1S/C16H27N3O3S/c1-9(2)19(10(3)4)16(20)15-13(17)8-14(12(7)18-15)23(21,22)11(5)6/h8-11H,17H2,1-7H3. The van der Waals surface area contributed by atoms with Gasteiger partial charge in [-0.3, -0.25) is 4.79 Å². The zero-order valence-electron chi connectivity index (χ0n) is 14.9. The molecule has 0 aliphatic rings. The van der Waals surface area contributed by atoms with E-state index < -0.39 is 15.1 Å². The molecule has 7 heteroatoms. The van der Waals surface area contributed by atoms with Crippen LogP contribution in [0.25, 0.3) is 0 Å². The van der Waals surface area contributed by atoms with Crippen LogP contribution in [-0.4, -0.2) is 41.5 Å². The van der Waals surface area contributed by atoms with Crippen molar-refractivity contribution in [1.29, 1.82) is 0 Å². The summed E-state index contributed by atoms with van der Waals surface area (Å²) in [5, 5.41) is -0.577. The van der Waals surface area contributed by atoms with Crippen LogP contribution in [0.3, 0.4) is 0 Å². The van der Waals surface area contributed by atoms with Crippen molar-refractivity contribution in [3.8, 4) is 0 Å². The molecule has 0 atom stereocenters. The molecule has 2 N–H and O–H groups in total. The van der Waals surface area contributed by atoms with Gasteiger partial charge in [0, 0.05) is 12.1 Å². The highest BCUT2D eigenvalue weighted by Crippen LogP contribution is 2.25. The average Bonchev–Trinajstić information content (AvgIpc) is 2.39. The molecule has 0 radical (unpaired) electrons. The lowest BCUT2D eigenvalue weighted by molar-refractivity contribution is 0.0638. The fourth-order valence-corrected chi connectivity index (χ4v) is 3.76. The first-order valence-corrected chi connectivity index (χ1v) is 9.29. The molecule has 0 aliphatic heterocycles. The second kappa shape index (κ2) is 6.86. The molecule has 23 heavy (non-hydrogen) atoms. The zero-order chi connectivity index (χ0) is 18.1. The minimum absolute atomic E-state index is 0.0110. The lowest BCUT2D eigenvalue weighted by Gasteiger charge is -2.31. The zero-order valence-corrected chi connectivity index (χ0v) is 15.7. The number of hydrogen-bond acceptors (Lipinski definition) is 5. The van der Waals surface area contributed by atoms with Crippen molar-refractivity contribution in [2.24, 2.45) is 0 Å². The number of aryl methyl sites for hydroxylation is 1. The predicted molar refractivity (Wildman–Crippen MR) is 92.1 cm³/mol. The first-order chi connectivity index (χ1) is 10.4. The van der Waals surface area contributed by atoms with Gasteiger partial charge in [-0.1, -0.05) is 0 Å². The second-order valence-electron chi connectivity index (χ2n) is 6.50. The predicted octanol–water partition coefficient (Wildman–Crippen LogP) is 2.41. The van der Waals surface area contributed by atoms with E-state index in [2.05, 4.69) is 4.98 Å². The summed E-state index contributed by atoms with van der Waals surface area (Å²) in [6.07, 6.45) is 0. The third-order valence-electron chi connectivity index (χ3n) is 3.67. The summed E-state index contributed by atoms with van der Waals surface area (Å²) in [7, 11) is -3.49. The molecular formula is C16H27N3O3S. The number of carbonyl (C=O) groups is 1. The Hall–Kier alpha value is -1.63. The van der Waals surface area contributed by atoms with Gasteiger partial charge in [0.15, 0.2) is 15.5 Å². The smallest absolute Gasteiger partial charge is 0.275 e. The van der Waals surface area contributed by atoms with Gasteiger partial charge in [0.2, 0.25) is 0 Å². The number of aromatic nitrogens is 1. The number of nitrogens with zero attached hydrogens (tertiary/aromatic N) is 2. The number of nitrogens with two attached hydrogens (primary N) is 1. The summed E-state index contributed by atoms with van der Waals surface area (Å²) in [6, 6.07) is 1.33. The van der Waals surface area contributed by atoms with E-state index >= 15 is 0 Å². The molecule has 0 fully saturated rings. The third-order valence-corrected chi connectivity index (χ3v) is 5.94. The van der Waals surface area contributed by atoms with E-state index in [1.807, 2.05) is 27.7 Å². The largest absolute Gasteiger partial charge is 0.397 e. The number of hydrogen-bond donors (Lipinski definition) is 1. The minimum Gasteiger partial charge on any atom is -0.397 e. The van der Waals surface area contributed by atoms with Crippen LogP contribution in [0.15, 0.2) is 11.0 Å². The molecule has 0 aliphatic carbocycles. The van der Waals surface area contributed by atoms with Crippen molar-refractivity contribution in [2.75, 3.05) is 5.73 Å². The molecule has 1 aromatic heterocycles. The van der Waals surface area contributed by atoms with Crippen molar-refractivity contribution in [2.45, 2.75) is 70.7 Å². The third kappa shape index (κ3) is 3.83. The van der Waals surface area contributed by atoms with E-state index in [-0.39, 0.29) is 34.3 Å². The number of anilines is 1. The monoisotopic (exact) mass is 341 g/mol. The summed E-state index contributed by atoms with van der Waals surface area (Å²) >= 11 is 0. The molecule has 1 heterocycles. The lowest BCUT2D eigenvalue weighted by Crippen LogP contribution is -2.42. The maximum Gasteiger partial charge on any atom is 0.275 e. The quantitative estimate of drug-likeness (QED) is 0.887. The van der Waals surface area contributed by atoms with Crippen LogP contribution < -0.4 is 5.73 Å². The van der Waals surface area contributed by atoms with E-state index in [0.29, 0.717) is 5.69 Å². The van der Waals surface area contributed by atoms with Gasteiger partial charge in [0.25, 0.3) is 5.91 Å². The van der Waals surface area contributed by atoms with Crippen LogP contribution >= 0.6 is 0 Å². The number of nitrogen functional groups attached to an aromatic ring is 1. The highest BCUT2D eigenvalue weighted by atomic mass is 32.2. The maximum atomic E-state index is 12.7. The minimum atomic E-state index is -3.49. The molecular weight excluding hydrogens is 314 g/mol. The fraction of sp³-hybridized carbons (Fsp3) is 0.625. The molecule has 130 valence electrons. The first kappa shape index (κ1) is 19.4. The van der Waals surface area contributed by atoms with E-state index in [1.165, 1.54) is 6.07 Å². The van der Waals surface area contributed by atoms with Crippen molar-refractivity contribution in [1.82, 2.24) is 9.88 Å². The van der Waals surface area contributed by atoms with E-state index in [9.17, 15) is 13.2 Å². The van der Waals surface area contributed by atoms with Crippen LogP contribution in [0.5, 0.6) is 0 Å². The highest BCUT2D eigenvalue weighted by Gasteiger charge is 2.28. The Morgan fingerprint density at radius 2 is 1.61 bits per heavy atom. The maximum absolute atomic E-state index is 12.7. The SMILES string of the molecule is Cc1nc(C(=O)N(C(C)C)C(C)C)c(N)cc1S(=O)(=O)C(C)C. The highest BCUT2D eigenvalue weighted by molar-refractivity contribution is 7.92. The number of rotatable bonds is 5. The van der Waals surface area contributed by atoms with Crippen molar-refractivity contribution >= 4 is 21.4 Å². The van der Waals surface area contributed by atoms with E-state index in [4.69, 9.17) is 5.73 Å². The number of amides is 1. The first-order valence-electron chi connectivity index (χ1n) is 7.74. The second-order valence-corrected chi connectivity index (χ2v) is 8.98. The van der Waals surface area contributed by atoms with Crippen LogP contribution in [0.2, 0.25) is 0 Å². The average molecular weight is 341 g/mol. The van der Waals surface area contributed by atoms with Crippen molar-refractivity contribution < 1.29 is 13.2 Å². The van der Waals surface area contributed by atoms with Crippen LogP contribution in [0.1, 0.15) is 57.7 Å². The Morgan fingerprint density at radius 1 is 1.13 bits per heavy atom. The van der Waals surface area contributed by atoms with Gasteiger partial charge in [0.1, 0.15) is 0 Å². The van der Waals surface area contributed by atoms with Crippen molar-refractivity contribution in [3.63, 3.8) is 0 Å². The molecule has 1 rings (SSSR count). The van der Waals surface area contributed by atoms with E-state index in [1.54, 1.807) is 25.7 Å². The molecule has 0 unspecified atom stereocenters. The Labute approximate surface area is 139 Å². The van der Waals surface area contributed by atoms with Gasteiger partial charge in [-0.15, -0.1) is 0 Å². The number of pyridine rings is 1. The van der Waals surface area contributed by atoms with Gasteiger partial charge in [0.05, 0.1) is 21.5 Å². The van der Waals surface area contributed by atoms with Gasteiger partial charge in [-0.25, -0.2) is 13.4 Å². The number of carbonyl (C=O) groups excluding carboxylic acids is 1. The molecule has 0 saturated heterocycles. The summed E-state index contributed by atoms with van der Waals surface area (Å²) in [4.78, 5) is 18.7. The van der Waals surface area contributed by atoms with Crippen LogP contribution in [-0.2, 0) is 9.84 Å². The van der Waals surface area contributed by atoms with Gasteiger partial charge < -0.3 is 10.6 Å². The lowest BCUT2D eigenvalue weighted by atomic mass is 10.1. The molecule has 0 bridgehead atoms. The summed E-state index contributed by atoms with van der Waals surface area (Å²) in [5.74, 6) is -0.288. The molecule has 1 aromatic rings. The van der Waals surface area contributed by atoms with Gasteiger partial charge in [-0.05, 0) is 54.5 Å². The molecule has 6 nitrogen and oxygen atoms in total.